The number of carbonyl (C=O) groups excluding carboxylic acids is 2. The number of rotatable bonds is 7. The quantitative estimate of drug-likeness (QED) is 0.527. The molecular formula is C24H25BrO5. The summed E-state index contributed by atoms with van der Waals surface area (Å²) in [5.74, 6) is 0.624. The predicted octanol–water partition coefficient (Wildman–Crippen LogP) is 5.05. The highest BCUT2D eigenvalue weighted by Crippen LogP contribution is 2.37. The van der Waals surface area contributed by atoms with Crippen molar-refractivity contribution in [1.29, 1.82) is 0 Å². The minimum absolute atomic E-state index is 0.0722. The average Bonchev–Trinajstić information content (AvgIpc) is 2.76. The van der Waals surface area contributed by atoms with Gasteiger partial charge in [0.2, 0.25) is 0 Å². The van der Waals surface area contributed by atoms with Crippen LogP contribution in [0.3, 0.4) is 0 Å². The number of Topliss-reactive ketones (excluding diaryl/α,β-unsaturated/α-hetero) is 1. The summed E-state index contributed by atoms with van der Waals surface area (Å²) in [5.41, 5.74) is 3.40. The van der Waals surface area contributed by atoms with E-state index in [2.05, 4.69) is 15.9 Å². The van der Waals surface area contributed by atoms with E-state index in [0.717, 1.165) is 21.2 Å². The van der Waals surface area contributed by atoms with Gasteiger partial charge in [0.05, 0.1) is 20.1 Å². The Labute approximate surface area is 185 Å². The van der Waals surface area contributed by atoms with Gasteiger partial charge in [-0.1, -0.05) is 51.8 Å². The second kappa shape index (κ2) is 9.94. The van der Waals surface area contributed by atoms with Crippen LogP contribution < -0.4 is 9.47 Å². The molecule has 6 heteroatoms. The van der Waals surface area contributed by atoms with Crippen LogP contribution in [0.1, 0.15) is 30.9 Å². The van der Waals surface area contributed by atoms with Crippen molar-refractivity contribution in [3.63, 3.8) is 0 Å². The summed E-state index contributed by atoms with van der Waals surface area (Å²) in [6.07, 6.45) is 1.26. The molecule has 1 aliphatic rings. The Balaban J connectivity index is 1.85. The number of ketones is 1. The van der Waals surface area contributed by atoms with Gasteiger partial charge in [-0.2, -0.15) is 0 Å². The Morgan fingerprint density at radius 2 is 1.87 bits per heavy atom. The second-order valence-electron chi connectivity index (χ2n) is 7.24. The van der Waals surface area contributed by atoms with E-state index in [1.807, 2.05) is 49.4 Å². The van der Waals surface area contributed by atoms with Crippen molar-refractivity contribution >= 4 is 27.7 Å². The van der Waals surface area contributed by atoms with Gasteiger partial charge in [0, 0.05) is 17.3 Å². The first kappa shape index (κ1) is 22.1. The van der Waals surface area contributed by atoms with E-state index >= 15 is 0 Å². The normalized spacial score (nSPS) is 16.4. The van der Waals surface area contributed by atoms with E-state index in [-0.39, 0.29) is 17.7 Å². The average molecular weight is 473 g/mol. The third-order valence-corrected chi connectivity index (χ3v) is 6.16. The Bertz CT molecular complexity index is 965. The number of benzene rings is 2. The molecule has 2 aromatic carbocycles. The van der Waals surface area contributed by atoms with Crippen LogP contribution in [0.2, 0.25) is 0 Å². The first-order chi connectivity index (χ1) is 14.4. The Kier molecular flexibility index (Phi) is 7.32. The van der Waals surface area contributed by atoms with Gasteiger partial charge < -0.3 is 14.2 Å². The summed E-state index contributed by atoms with van der Waals surface area (Å²) in [7, 11) is 2.97. The van der Waals surface area contributed by atoms with Crippen LogP contribution in [0.25, 0.3) is 0 Å². The third-order valence-electron chi connectivity index (χ3n) is 5.42. The molecule has 0 spiro atoms. The summed E-state index contributed by atoms with van der Waals surface area (Å²) in [6, 6.07) is 13.6. The zero-order chi connectivity index (χ0) is 21.7. The topological polar surface area (TPSA) is 61.8 Å². The van der Waals surface area contributed by atoms with E-state index in [1.165, 1.54) is 7.11 Å². The third kappa shape index (κ3) is 4.93. The molecule has 1 aliphatic carbocycles. The number of carbonyl (C=O) groups is 2. The summed E-state index contributed by atoms with van der Waals surface area (Å²) < 4.78 is 17.2. The molecule has 0 heterocycles. The van der Waals surface area contributed by atoms with Crippen LogP contribution >= 0.6 is 15.9 Å². The molecule has 0 saturated heterocycles. The number of hydrogen-bond donors (Lipinski definition) is 0. The van der Waals surface area contributed by atoms with Crippen molar-refractivity contribution in [3.05, 3.63) is 69.2 Å². The summed E-state index contributed by atoms with van der Waals surface area (Å²) in [5, 5.41) is 0. The zero-order valence-electron chi connectivity index (χ0n) is 17.4. The van der Waals surface area contributed by atoms with Crippen molar-refractivity contribution in [2.75, 3.05) is 14.2 Å². The van der Waals surface area contributed by atoms with Gasteiger partial charge in [-0.05, 0) is 42.2 Å². The van der Waals surface area contributed by atoms with E-state index in [1.54, 1.807) is 7.11 Å². The molecule has 0 saturated carbocycles. The minimum atomic E-state index is -0.364. The highest BCUT2D eigenvalue weighted by atomic mass is 79.9. The Hall–Kier alpha value is -2.60. The first-order valence-corrected chi connectivity index (χ1v) is 10.6. The van der Waals surface area contributed by atoms with Gasteiger partial charge in [0.15, 0.2) is 17.3 Å². The highest BCUT2D eigenvalue weighted by Gasteiger charge is 2.31. The lowest BCUT2D eigenvalue weighted by molar-refractivity contribution is -0.144. The monoisotopic (exact) mass is 472 g/mol. The van der Waals surface area contributed by atoms with Gasteiger partial charge >= 0.3 is 5.97 Å². The Morgan fingerprint density at radius 1 is 1.13 bits per heavy atom. The molecule has 3 rings (SSSR count). The fourth-order valence-electron chi connectivity index (χ4n) is 3.66. The molecule has 1 unspecified atom stereocenters. The smallest absolute Gasteiger partial charge is 0.312 e. The van der Waals surface area contributed by atoms with Gasteiger partial charge in [0.1, 0.15) is 6.61 Å². The number of halogens is 1. The molecular weight excluding hydrogens is 448 g/mol. The van der Waals surface area contributed by atoms with Crippen molar-refractivity contribution in [2.45, 2.75) is 32.8 Å². The predicted molar refractivity (Wildman–Crippen MR) is 118 cm³/mol. The summed E-state index contributed by atoms with van der Waals surface area (Å²) in [4.78, 5) is 24.6. The van der Waals surface area contributed by atoms with E-state index in [9.17, 15) is 9.59 Å². The summed E-state index contributed by atoms with van der Waals surface area (Å²) in [6.45, 7) is 2.27. The van der Waals surface area contributed by atoms with Crippen LogP contribution in [0.4, 0.5) is 0 Å². The van der Waals surface area contributed by atoms with Crippen LogP contribution in [-0.2, 0) is 27.4 Å². The molecule has 0 radical (unpaired) electrons. The molecule has 0 aliphatic heterocycles. The van der Waals surface area contributed by atoms with E-state index in [0.29, 0.717) is 42.9 Å². The highest BCUT2D eigenvalue weighted by molar-refractivity contribution is 9.10. The molecule has 0 amide bonds. The fraction of sp³-hybridized carbons (Fsp3) is 0.333. The number of allylic oxidation sites excluding steroid dienone is 1. The van der Waals surface area contributed by atoms with Crippen molar-refractivity contribution < 1.29 is 23.8 Å². The van der Waals surface area contributed by atoms with E-state index in [4.69, 9.17) is 14.2 Å². The lowest BCUT2D eigenvalue weighted by Gasteiger charge is -2.24. The molecule has 5 nitrogen and oxygen atoms in total. The Morgan fingerprint density at radius 3 is 2.53 bits per heavy atom. The van der Waals surface area contributed by atoms with Crippen LogP contribution in [0.5, 0.6) is 11.5 Å². The molecule has 158 valence electrons. The fourth-order valence-corrected chi connectivity index (χ4v) is 4.12. The zero-order valence-corrected chi connectivity index (χ0v) is 19.0. The lowest BCUT2D eigenvalue weighted by Crippen LogP contribution is -2.26. The largest absolute Gasteiger partial charge is 0.493 e. The lowest BCUT2D eigenvalue weighted by atomic mass is 9.80. The van der Waals surface area contributed by atoms with E-state index < -0.39 is 0 Å². The van der Waals surface area contributed by atoms with Crippen molar-refractivity contribution in [1.82, 2.24) is 0 Å². The SMILES string of the molecule is COC(=O)C1CCC(=O)C(Cc2cc(OC)c(OCc3ccccc3)cc2Br)=C1C. The molecule has 0 bridgehead atoms. The van der Waals surface area contributed by atoms with Gasteiger partial charge in [-0.15, -0.1) is 0 Å². The number of ether oxygens (including phenoxy) is 3. The van der Waals surface area contributed by atoms with Gasteiger partial charge in [0.25, 0.3) is 0 Å². The van der Waals surface area contributed by atoms with Crippen LogP contribution in [0, 0.1) is 5.92 Å². The maximum Gasteiger partial charge on any atom is 0.312 e. The minimum Gasteiger partial charge on any atom is -0.493 e. The molecule has 1 atom stereocenters. The number of hydrogen-bond acceptors (Lipinski definition) is 5. The summed E-state index contributed by atoms with van der Waals surface area (Å²) >= 11 is 3.60. The van der Waals surface area contributed by atoms with Crippen molar-refractivity contribution in [2.24, 2.45) is 5.92 Å². The molecule has 0 N–H and O–H groups in total. The first-order valence-electron chi connectivity index (χ1n) is 9.78. The van der Waals surface area contributed by atoms with Gasteiger partial charge in [-0.3, -0.25) is 9.59 Å². The molecule has 0 fully saturated rings. The maximum absolute atomic E-state index is 12.6. The van der Waals surface area contributed by atoms with Crippen LogP contribution in [0.15, 0.2) is 58.1 Å². The maximum atomic E-state index is 12.6. The number of methoxy groups -OCH3 is 2. The number of esters is 1. The molecule has 0 aromatic heterocycles. The van der Waals surface area contributed by atoms with Crippen LogP contribution in [-0.4, -0.2) is 26.0 Å². The van der Waals surface area contributed by atoms with Crippen molar-refractivity contribution in [3.8, 4) is 11.5 Å². The van der Waals surface area contributed by atoms with Gasteiger partial charge in [-0.25, -0.2) is 0 Å². The molecule has 30 heavy (non-hydrogen) atoms. The standard InChI is InChI=1S/C24H25BrO5/c1-15-18(24(27)29-3)9-10-21(26)19(15)11-17-12-22(28-2)23(13-20(17)25)30-14-16-7-5-4-6-8-16/h4-8,12-13,18H,9-11,14H2,1-3H3. The second-order valence-corrected chi connectivity index (χ2v) is 8.10. The molecule has 2 aromatic rings.